The lowest BCUT2D eigenvalue weighted by Gasteiger charge is -2.29. The van der Waals surface area contributed by atoms with Gasteiger partial charge in [0.05, 0.1) is 11.4 Å². The second-order valence-electron chi connectivity index (χ2n) is 6.14. The zero-order valence-electron chi connectivity index (χ0n) is 11.3. The number of hydrogen-bond acceptors (Lipinski definition) is 3. The summed E-state index contributed by atoms with van der Waals surface area (Å²) in [7, 11) is 0. The van der Waals surface area contributed by atoms with Crippen LogP contribution in [0.25, 0.3) is 0 Å². The van der Waals surface area contributed by atoms with E-state index in [1.165, 1.54) is 25.7 Å². The first kappa shape index (κ1) is 11.8. The SMILES string of the molecule is Cc1nc(NC(C)C2CC3CCC2C3)ccc1N. The van der Waals surface area contributed by atoms with Crippen molar-refractivity contribution >= 4 is 11.5 Å². The highest BCUT2D eigenvalue weighted by molar-refractivity contribution is 5.49. The van der Waals surface area contributed by atoms with E-state index in [-0.39, 0.29) is 0 Å². The van der Waals surface area contributed by atoms with Crippen LogP contribution in [0.4, 0.5) is 11.5 Å². The molecule has 2 fully saturated rings. The lowest BCUT2D eigenvalue weighted by molar-refractivity contribution is 0.304. The Bertz CT molecular complexity index is 443. The smallest absolute Gasteiger partial charge is 0.126 e. The maximum Gasteiger partial charge on any atom is 0.126 e. The summed E-state index contributed by atoms with van der Waals surface area (Å²) in [5, 5.41) is 3.57. The topological polar surface area (TPSA) is 50.9 Å². The Hall–Kier alpha value is -1.25. The summed E-state index contributed by atoms with van der Waals surface area (Å²) in [5.74, 6) is 3.76. The van der Waals surface area contributed by atoms with E-state index in [2.05, 4.69) is 17.2 Å². The minimum Gasteiger partial charge on any atom is -0.397 e. The van der Waals surface area contributed by atoms with Crippen LogP contribution in [0.2, 0.25) is 0 Å². The summed E-state index contributed by atoms with van der Waals surface area (Å²) in [6.07, 6.45) is 5.78. The van der Waals surface area contributed by atoms with E-state index in [1.807, 2.05) is 19.1 Å². The van der Waals surface area contributed by atoms with Crippen molar-refractivity contribution in [3.63, 3.8) is 0 Å². The highest BCUT2D eigenvalue weighted by Crippen LogP contribution is 2.49. The Balaban J connectivity index is 1.67. The van der Waals surface area contributed by atoms with Crippen molar-refractivity contribution in [1.29, 1.82) is 0 Å². The first-order valence-corrected chi connectivity index (χ1v) is 7.13. The molecule has 0 aromatic carbocycles. The van der Waals surface area contributed by atoms with Crippen LogP contribution >= 0.6 is 0 Å². The molecular formula is C15H23N3. The number of nitrogens with two attached hydrogens (primary N) is 1. The van der Waals surface area contributed by atoms with Gasteiger partial charge in [-0.05, 0) is 63.0 Å². The standard InChI is InChI=1S/C15H23N3/c1-9(13-8-11-3-4-12(13)7-11)17-15-6-5-14(16)10(2)18-15/h5-6,9,11-13H,3-4,7-8,16H2,1-2H3,(H,17,18). The molecule has 2 bridgehead atoms. The van der Waals surface area contributed by atoms with Crippen molar-refractivity contribution < 1.29 is 0 Å². The fourth-order valence-electron chi connectivity index (χ4n) is 3.90. The highest BCUT2D eigenvalue weighted by Gasteiger charge is 2.41. The van der Waals surface area contributed by atoms with Gasteiger partial charge in [0.15, 0.2) is 0 Å². The van der Waals surface area contributed by atoms with Gasteiger partial charge < -0.3 is 11.1 Å². The Labute approximate surface area is 109 Å². The van der Waals surface area contributed by atoms with Crippen LogP contribution in [0.15, 0.2) is 12.1 Å². The molecular weight excluding hydrogens is 222 g/mol. The summed E-state index contributed by atoms with van der Waals surface area (Å²) in [4.78, 5) is 4.51. The lowest BCUT2D eigenvalue weighted by atomic mass is 9.84. The average Bonchev–Trinajstić information content (AvgIpc) is 2.96. The summed E-state index contributed by atoms with van der Waals surface area (Å²) in [6.45, 7) is 4.27. The molecule has 98 valence electrons. The molecule has 4 unspecified atom stereocenters. The van der Waals surface area contributed by atoms with Gasteiger partial charge in [-0.2, -0.15) is 0 Å². The normalized spacial score (nSPS) is 31.6. The minimum atomic E-state index is 0.524. The van der Waals surface area contributed by atoms with Gasteiger partial charge in [0, 0.05) is 6.04 Å². The number of aryl methyl sites for hydroxylation is 1. The molecule has 0 saturated heterocycles. The average molecular weight is 245 g/mol. The monoisotopic (exact) mass is 245 g/mol. The molecule has 0 aliphatic heterocycles. The number of rotatable bonds is 3. The summed E-state index contributed by atoms with van der Waals surface area (Å²) in [5.41, 5.74) is 7.49. The number of nitrogens with zero attached hydrogens (tertiary/aromatic N) is 1. The quantitative estimate of drug-likeness (QED) is 0.859. The molecule has 0 spiro atoms. The van der Waals surface area contributed by atoms with Gasteiger partial charge in [0.1, 0.15) is 5.82 Å². The third kappa shape index (κ3) is 2.06. The minimum absolute atomic E-state index is 0.524. The van der Waals surface area contributed by atoms with Crippen molar-refractivity contribution in [1.82, 2.24) is 4.98 Å². The van der Waals surface area contributed by atoms with Gasteiger partial charge in [0.2, 0.25) is 0 Å². The molecule has 18 heavy (non-hydrogen) atoms. The largest absolute Gasteiger partial charge is 0.397 e. The molecule has 2 aliphatic rings. The third-order valence-corrected chi connectivity index (χ3v) is 4.94. The van der Waals surface area contributed by atoms with E-state index in [1.54, 1.807) is 0 Å². The lowest BCUT2D eigenvalue weighted by Crippen LogP contribution is -2.30. The first-order valence-electron chi connectivity index (χ1n) is 7.13. The number of fused-ring (bicyclic) bond motifs is 2. The van der Waals surface area contributed by atoms with Crippen molar-refractivity contribution in [2.75, 3.05) is 11.1 Å². The highest BCUT2D eigenvalue weighted by atomic mass is 15.0. The zero-order valence-corrected chi connectivity index (χ0v) is 11.3. The van der Waals surface area contributed by atoms with Crippen LogP contribution in [0.3, 0.4) is 0 Å². The van der Waals surface area contributed by atoms with Gasteiger partial charge in [0.25, 0.3) is 0 Å². The first-order chi connectivity index (χ1) is 8.63. The number of nitrogens with one attached hydrogen (secondary N) is 1. The van der Waals surface area contributed by atoms with Gasteiger partial charge in [-0.15, -0.1) is 0 Å². The molecule has 3 nitrogen and oxygen atoms in total. The maximum absolute atomic E-state index is 5.80. The van der Waals surface area contributed by atoms with Crippen molar-refractivity contribution in [2.45, 2.75) is 45.6 Å². The summed E-state index contributed by atoms with van der Waals surface area (Å²) < 4.78 is 0. The van der Waals surface area contributed by atoms with Crippen LogP contribution in [-0.4, -0.2) is 11.0 Å². The van der Waals surface area contributed by atoms with E-state index in [9.17, 15) is 0 Å². The molecule has 1 aromatic heterocycles. The van der Waals surface area contributed by atoms with Crippen molar-refractivity contribution in [2.24, 2.45) is 17.8 Å². The molecule has 1 aromatic rings. The van der Waals surface area contributed by atoms with E-state index in [0.29, 0.717) is 6.04 Å². The van der Waals surface area contributed by atoms with Crippen LogP contribution in [0, 0.1) is 24.7 Å². The molecule has 3 rings (SSSR count). The molecule has 2 aliphatic carbocycles. The molecule has 3 N–H and O–H groups in total. The molecule has 0 radical (unpaired) electrons. The Morgan fingerprint density at radius 2 is 2.17 bits per heavy atom. The molecule has 0 amide bonds. The summed E-state index contributed by atoms with van der Waals surface area (Å²) >= 11 is 0. The predicted octanol–water partition coefficient (Wildman–Crippen LogP) is 3.21. The van der Waals surface area contributed by atoms with Crippen LogP contribution in [0.1, 0.15) is 38.3 Å². The van der Waals surface area contributed by atoms with E-state index < -0.39 is 0 Å². The number of aromatic nitrogens is 1. The van der Waals surface area contributed by atoms with Crippen LogP contribution < -0.4 is 11.1 Å². The van der Waals surface area contributed by atoms with Crippen molar-refractivity contribution in [3.8, 4) is 0 Å². The molecule has 3 heteroatoms. The van der Waals surface area contributed by atoms with Crippen LogP contribution in [0.5, 0.6) is 0 Å². The molecule has 1 heterocycles. The fraction of sp³-hybridized carbons (Fsp3) is 0.667. The van der Waals surface area contributed by atoms with E-state index >= 15 is 0 Å². The summed E-state index contributed by atoms with van der Waals surface area (Å²) in [6, 6.07) is 4.46. The second-order valence-corrected chi connectivity index (χ2v) is 6.14. The molecule has 4 atom stereocenters. The third-order valence-electron chi connectivity index (χ3n) is 4.94. The Morgan fingerprint density at radius 3 is 2.78 bits per heavy atom. The fourth-order valence-corrected chi connectivity index (χ4v) is 3.90. The number of pyridine rings is 1. The zero-order chi connectivity index (χ0) is 12.7. The number of hydrogen-bond donors (Lipinski definition) is 2. The van der Waals surface area contributed by atoms with Gasteiger partial charge in [-0.1, -0.05) is 6.42 Å². The van der Waals surface area contributed by atoms with Crippen molar-refractivity contribution in [3.05, 3.63) is 17.8 Å². The number of nitrogen functional groups attached to an aromatic ring is 1. The van der Waals surface area contributed by atoms with Gasteiger partial charge in [-0.25, -0.2) is 4.98 Å². The van der Waals surface area contributed by atoms with Gasteiger partial charge in [-0.3, -0.25) is 0 Å². The van der Waals surface area contributed by atoms with Gasteiger partial charge >= 0.3 is 0 Å². The second kappa shape index (κ2) is 4.45. The Morgan fingerprint density at radius 1 is 1.33 bits per heavy atom. The van der Waals surface area contributed by atoms with E-state index in [4.69, 9.17) is 5.73 Å². The number of anilines is 2. The van der Waals surface area contributed by atoms with E-state index in [0.717, 1.165) is 35.0 Å². The van der Waals surface area contributed by atoms with Crippen LogP contribution in [-0.2, 0) is 0 Å². The maximum atomic E-state index is 5.80. The predicted molar refractivity (Wildman–Crippen MR) is 75.4 cm³/mol. The molecule has 2 saturated carbocycles. The Kier molecular flexibility index (Phi) is 2.92.